The van der Waals surface area contributed by atoms with Gasteiger partial charge in [-0.15, -0.1) is 5.10 Å². The van der Waals surface area contributed by atoms with Crippen molar-refractivity contribution >= 4 is 5.91 Å². The van der Waals surface area contributed by atoms with Crippen LogP contribution in [0.5, 0.6) is 5.75 Å². The minimum atomic E-state index is -0.333. The standard InChI is InChI=1S/C20H19N9O3/c1-32-17-8-19(30)27(18-4-2-3-5-21-18)13-16(17)20(31)26-11-15(12-26)28-9-14(24-25-28)10-29-22-6-7-23-29/h2-9,13,15H,10-12H2,1H3. The van der Waals surface area contributed by atoms with Crippen molar-refractivity contribution < 1.29 is 9.53 Å². The van der Waals surface area contributed by atoms with E-state index in [1.165, 1.54) is 28.7 Å². The summed E-state index contributed by atoms with van der Waals surface area (Å²) in [5.74, 6) is 0.423. The molecule has 0 aliphatic carbocycles. The zero-order chi connectivity index (χ0) is 22.1. The summed E-state index contributed by atoms with van der Waals surface area (Å²) in [6.45, 7) is 1.36. The topological polar surface area (TPSA) is 126 Å². The summed E-state index contributed by atoms with van der Waals surface area (Å²) in [4.78, 5) is 33.0. The van der Waals surface area contributed by atoms with Crippen LogP contribution in [0.1, 0.15) is 22.1 Å². The zero-order valence-electron chi connectivity index (χ0n) is 17.1. The number of nitrogens with zero attached hydrogens (tertiary/aromatic N) is 9. The van der Waals surface area contributed by atoms with Gasteiger partial charge in [-0.2, -0.15) is 15.0 Å². The molecule has 12 nitrogen and oxygen atoms in total. The second-order valence-corrected chi connectivity index (χ2v) is 7.26. The number of carbonyl (C=O) groups is 1. The molecule has 5 rings (SSSR count). The van der Waals surface area contributed by atoms with E-state index in [0.717, 1.165) is 5.69 Å². The predicted molar refractivity (Wildman–Crippen MR) is 110 cm³/mol. The number of amides is 1. The van der Waals surface area contributed by atoms with E-state index < -0.39 is 0 Å². The number of pyridine rings is 2. The Morgan fingerprint density at radius 2 is 1.97 bits per heavy atom. The van der Waals surface area contributed by atoms with E-state index in [-0.39, 0.29) is 23.3 Å². The second kappa shape index (κ2) is 8.06. The van der Waals surface area contributed by atoms with Crippen LogP contribution < -0.4 is 10.3 Å². The molecule has 0 radical (unpaired) electrons. The fourth-order valence-corrected chi connectivity index (χ4v) is 3.51. The zero-order valence-corrected chi connectivity index (χ0v) is 17.1. The molecule has 1 aliphatic heterocycles. The number of aromatic nitrogens is 8. The summed E-state index contributed by atoms with van der Waals surface area (Å²) < 4.78 is 8.38. The lowest BCUT2D eigenvalue weighted by Gasteiger charge is -2.39. The molecule has 1 fully saturated rings. The van der Waals surface area contributed by atoms with Crippen LogP contribution in [0.25, 0.3) is 5.82 Å². The van der Waals surface area contributed by atoms with Gasteiger partial charge in [0, 0.05) is 31.5 Å². The monoisotopic (exact) mass is 433 g/mol. The Hall–Kier alpha value is -4.35. The average Bonchev–Trinajstić information content (AvgIpc) is 3.46. The highest BCUT2D eigenvalue weighted by Gasteiger charge is 2.35. The molecule has 162 valence electrons. The van der Waals surface area contributed by atoms with E-state index in [9.17, 15) is 9.59 Å². The molecule has 4 aromatic rings. The van der Waals surface area contributed by atoms with Crippen molar-refractivity contribution in [1.29, 1.82) is 0 Å². The summed E-state index contributed by atoms with van der Waals surface area (Å²) in [6, 6.07) is 6.54. The van der Waals surface area contributed by atoms with E-state index >= 15 is 0 Å². The number of rotatable bonds is 6. The van der Waals surface area contributed by atoms with E-state index in [1.54, 1.807) is 46.4 Å². The van der Waals surface area contributed by atoms with Gasteiger partial charge in [0.1, 0.15) is 23.8 Å². The van der Waals surface area contributed by atoms with Gasteiger partial charge in [-0.1, -0.05) is 11.3 Å². The predicted octanol–water partition coefficient (Wildman–Crippen LogP) is 0.169. The summed E-state index contributed by atoms with van der Waals surface area (Å²) in [5.41, 5.74) is 0.690. The van der Waals surface area contributed by atoms with Gasteiger partial charge in [-0.05, 0) is 12.1 Å². The normalized spacial score (nSPS) is 13.7. The maximum absolute atomic E-state index is 13.1. The molecular formula is C20H19N9O3. The van der Waals surface area contributed by atoms with E-state index in [2.05, 4.69) is 25.5 Å². The van der Waals surface area contributed by atoms with Crippen LogP contribution in [0.4, 0.5) is 0 Å². The highest BCUT2D eigenvalue weighted by molar-refractivity contribution is 5.97. The molecule has 5 heterocycles. The van der Waals surface area contributed by atoms with Gasteiger partial charge in [0.15, 0.2) is 0 Å². The van der Waals surface area contributed by atoms with Crippen LogP contribution in [0, 0.1) is 0 Å². The van der Waals surface area contributed by atoms with Gasteiger partial charge in [-0.25, -0.2) is 9.67 Å². The third-order valence-corrected chi connectivity index (χ3v) is 5.21. The fraction of sp³-hybridized carbons (Fsp3) is 0.250. The molecule has 0 bridgehead atoms. The lowest BCUT2D eigenvalue weighted by Crippen LogP contribution is -2.51. The lowest BCUT2D eigenvalue weighted by molar-refractivity contribution is 0.0494. The van der Waals surface area contributed by atoms with Gasteiger partial charge in [0.05, 0.1) is 37.3 Å². The number of likely N-dealkylation sites (tertiary alicyclic amines) is 1. The van der Waals surface area contributed by atoms with Crippen molar-refractivity contribution in [3.63, 3.8) is 0 Å². The summed E-state index contributed by atoms with van der Waals surface area (Å²) in [6.07, 6.45) is 8.10. The van der Waals surface area contributed by atoms with Crippen molar-refractivity contribution in [3.8, 4) is 11.6 Å². The second-order valence-electron chi connectivity index (χ2n) is 7.26. The Morgan fingerprint density at radius 3 is 2.69 bits per heavy atom. The minimum absolute atomic E-state index is 0.0125. The Balaban J connectivity index is 1.32. The molecule has 12 heteroatoms. The van der Waals surface area contributed by atoms with E-state index in [0.29, 0.717) is 31.0 Å². The summed E-state index contributed by atoms with van der Waals surface area (Å²) >= 11 is 0. The third kappa shape index (κ3) is 3.62. The first-order valence-corrected chi connectivity index (χ1v) is 9.88. The average molecular weight is 433 g/mol. The maximum Gasteiger partial charge on any atom is 0.260 e. The van der Waals surface area contributed by atoms with Crippen LogP contribution in [-0.4, -0.2) is 70.5 Å². The third-order valence-electron chi connectivity index (χ3n) is 5.21. The Morgan fingerprint density at radius 1 is 1.16 bits per heavy atom. The maximum atomic E-state index is 13.1. The van der Waals surface area contributed by atoms with Gasteiger partial charge >= 0.3 is 0 Å². The molecule has 1 saturated heterocycles. The number of hydrogen-bond donors (Lipinski definition) is 0. The molecule has 1 aliphatic rings. The van der Waals surface area contributed by atoms with Crippen molar-refractivity contribution in [2.24, 2.45) is 0 Å². The van der Waals surface area contributed by atoms with Crippen molar-refractivity contribution in [2.45, 2.75) is 12.6 Å². The molecule has 1 amide bonds. The van der Waals surface area contributed by atoms with Crippen LogP contribution in [0.3, 0.4) is 0 Å². The Kier molecular flexibility index (Phi) is 4.94. The highest BCUT2D eigenvalue weighted by atomic mass is 16.5. The van der Waals surface area contributed by atoms with Crippen molar-refractivity contribution in [1.82, 2.24) is 44.4 Å². The van der Waals surface area contributed by atoms with Gasteiger partial charge in [0.25, 0.3) is 11.5 Å². The molecule has 4 aromatic heterocycles. The largest absolute Gasteiger partial charge is 0.496 e. The lowest BCUT2D eigenvalue weighted by atomic mass is 10.1. The molecular weight excluding hydrogens is 414 g/mol. The van der Waals surface area contributed by atoms with Crippen LogP contribution >= 0.6 is 0 Å². The van der Waals surface area contributed by atoms with Gasteiger partial charge in [-0.3, -0.25) is 14.2 Å². The smallest absolute Gasteiger partial charge is 0.260 e. The van der Waals surface area contributed by atoms with Crippen LogP contribution in [0.15, 0.2) is 60.0 Å². The molecule has 0 saturated carbocycles. The van der Waals surface area contributed by atoms with Crippen LogP contribution in [0.2, 0.25) is 0 Å². The quantitative estimate of drug-likeness (QED) is 0.421. The van der Waals surface area contributed by atoms with Crippen molar-refractivity contribution in [3.05, 3.63) is 76.9 Å². The molecule has 0 unspecified atom stereocenters. The van der Waals surface area contributed by atoms with Gasteiger partial charge < -0.3 is 9.64 Å². The molecule has 32 heavy (non-hydrogen) atoms. The number of ether oxygens (including phenoxy) is 1. The molecule has 0 aromatic carbocycles. The summed E-state index contributed by atoms with van der Waals surface area (Å²) in [7, 11) is 1.43. The fourth-order valence-electron chi connectivity index (χ4n) is 3.51. The Bertz CT molecular complexity index is 1290. The molecule has 0 spiro atoms. The van der Waals surface area contributed by atoms with E-state index in [4.69, 9.17) is 4.74 Å². The van der Waals surface area contributed by atoms with Crippen LogP contribution in [-0.2, 0) is 6.54 Å². The highest BCUT2D eigenvalue weighted by Crippen LogP contribution is 2.26. The minimum Gasteiger partial charge on any atom is -0.496 e. The number of methoxy groups -OCH3 is 1. The number of carbonyl (C=O) groups excluding carboxylic acids is 1. The molecule has 0 N–H and O–H groups in total. The van der Waals surface area contributed by atoms with E-state index in [1.807, 2.05) is 6.20 Å². The first-order valence-electron chi connectivity index (χ1n) is 9.88. The van der Waals surface area contributed by atoms with Gasteiger partial charge in [0.2, 0.25) is 0 Å². The molecule has 0 atom stereocenters. The number of hydrogen-bond acceptors (Lipinski definition) is 8. The summed E-state index contributed by atoms with van der Waals surface area (Å²) in [5, 5.41) is 16.4. The Labute approximate surface area is 181 Å². The van der Waals surface area contributed by atoms with Crippen molar-refractivity contribution in [2.75, 3.05) is 20.2 Å². The first-order chi connectivity index (χ1) is 15.6. The first kappa shape index (κ1) is 19.6. The SMILES string of the molecule is COc1cc(=O)n(-c2ccccn2)cc1C(=O)N1CC(n2cc(Cn3nccn3)nn2)C1.